The average Bonchev–Trinajstić information content (AvgIpc) is 2.57. The van der Waals surface area contributed by atoms with Gasteiger partial charge in [0, 0.05) is 13.6 Å². The highest BCUT2D eigenvalue weighted by molar-refractivity contribution is 6.32. The number of benzene rings is 2. The Hall–Kier alpha value is -2.27. The molecular weight excluding hydrogens is 317 g/mol. The maximum absolute atomic E-state index is 12.8. The summed E-state index contributed by atoms with van der Waals surface area (Å²) in [5.41, 5.74) is 0.974. The Kier molecular flexibility index (Phi) is 6.69. The van der Waals surface area contributed by atoms with Crippen LogP contribution in [0.15, 0.2) is 53.5 Å². The summed E-state index contributed by atoms with van der Waals surface area (Å²) in [4.78, 5) is 4.12. The number of rotatable bonds is 6. The number of para-hydroxylation sites is 1. The van der Waals surface area contributed by atoms with Gasteiger partial charge in [-0.2, -0.15) is 0 Å². The lowest BCUT2D eigenvalue weighted by atomic mass is 10.2. The van der Waals surface area contributed by atoms with Gasteiger partial charge in [-0.05, 0) is 29.8 Å². The van der Waals surface area contributed by atoms with Gasteiger partial charge in [-0.1, -0.05) is 35.9 Å². The first kappa shape index (κ1) is 17.1. The standard InChI is InChI=1S/C17H19ClFN3O/c1-20-17(22-12-13-6-8-14(19)9-7-13)21-10-11-23-16-5-3-2-4-15(16)18/h2-9H,10-12H2,1H3,(H2,20,21,22). The van der Waals surface area contributed by atoms with Crippen LogP contribution in [0.3, 0.4) is 0 Å². The van der Waals surface area contributed by atoms with Gasteiger partial charge in [0.25, 0.3) is 0 Å². The molecule has 4 nitrogen and oxygen atoms in total. The normalized spacial score (nSPS) is 11.2. The molecule has 2 N–H and O–H groups in total. The Balaban J connectivity index is 1.71. The van der Waals surface area contributed by atoms with Gasteiger partial charge < -0.3 is 15.4 Å². The number of aliphatic imine (C=N–C) groups is 1. The lowest BCUT2D eigenvalue weighted by Crippen LogP contribution is -2.38. The van der Waals surface area contributed by atoms with Crippen molar-refractivity contribution in [1.82, 2.24) is 10.6 Å². The number of nitrogens with zero attached hydrogens (tertiary/aromatic N) is 1. The van der Waals surface area contributed by atoms with Crippen molar-refractivity contribution in [2.24, 2.45) is 4.99 Å². The van der Waals surface area contributed by atoms with Crippen molar-refractivity contribution in [2.75, 3.05) is 20.2 Å². The Labute approximate surface area is 140 Å². The van der Waals surface area contributed by atoms with Gasteiger partial charge in [0.1, 0.15) is 18.2 Å². The fourth-order valence-corrected chi connectivity index (χ4v) is 2.09. The van der Waals surface area contributed by atoms with Gasteiger partial charge in [0.15, 0.2) is 5.96 Å². The topological polar surface area (TPSA) is 45.7 Å². The van der Waals surface area contributed by atoms with Crippen molar-refractivity contribution in [3.05, 3.63) is 64.9 Å². The molecule has 2 aromatic rings. The van der Waals surface area contributed by atoms with E-state index in [2.05, 4.69) is 15.6 Å². The molecule has 2 aromatic carbocycles. The fraction of sp³-hybridized carbons (Fsp3) is 0.235. The van der Waals surface area contributed by atoms with Crippen molar-refractivity contribution in [1.29, 1.82) is 0 Å². The predicted molar refractivity (Wildman–Crippen MR) is 91.5 cm³/mol. The summed E-state index contributed by atoms with van der Waals surface area (Å²) in [6.07, 6.45) is 0. The minimum atomic E-state index is -0.243. The minimum Gasteiger partial charge on any atom is -0.490 e. The van der Waals surface area contributed by atoms with E-state index in [9.17, 15) is 4.39 Å². The average molecular weight is 336 g/mol. The molecule has 0 saturated carbocycles. The number of hydrogen-bond donors (Lipinski definition) is 2. The van der Waals surface area contributed by atoms with E-state index in [1.807, 2.05) is 18.2 Å². The Bertz CT molecular complexity index is 647. The van der Waals surface area contributed by atoms with Crippen molar-refractivity contribution in [2.45, 2.75) is 6.54 Å². The van der Waals surface area contributed by atoms with Gasteiger partial charge in [-0.3, -0.25) is 4.99 Å². The minimum absolute atomic E-state index is 0.243. The first-order valence-electron chi connectivity index (χ1n) is 7.25. The van der Waals surface area contributed by atoms with E-state index >= 15 is 0 Å². The second-order valence-electron chi connectivity index (χ2n) is 4.76. The van der Waals surface area contributed by atoms with Crippen LogP contribution in [0, 0.1) is 5.82 Å². The second kappa shape index (κ2) is 9.00. The van der Waals surface area contributed by atoms with Gasteiger partial charge in [0.05, 0.1) is 11.6 Å². The van der Waals surface area contributed by atoms with Crippen molar-refractivity contribution >= 4 is 17.6 Å². The summed E-state index contributed by atoms with van der Waals surface area (Å²) in [5.74, 6) is 1.07. The van der Waals surface area contributed by atoms with E-state index in [1.165, 1.54) is 12.1 Å². The summed E-state index contributed by atoms with van der Waals surface area (Å²) >= 11 is 6.01. The number of guanidine groups is 1. The first-order valence-corrected chi connectivity index (χ1v) is 7.63. The molecule has 0 spiro atoms. The number of ether oxygens (including phenoxy) is 1. The quantitative estimate of drug-likeness (QED) is 0.484. The molecule has 0 aromatic heterocycles. The largest absolute Gasteiger partial charge is 0.490 e. The summed E-state index contributed by atoms with van der Waals surface area (Å²) in [6, 6.07) is 13.7. The summed E-state index contributed by atoms with van der Waals surface area (Å²) in [7, 11) is 1.69. The highest BCUT2D eigenvalue weighted by Gasteiger charge is 2.01. The van der Waals surface area contributed by atoms with E-state index in [-0.39, 0.29) is 5.82 Å². The maximum Gasteiger partial charge on any atom is 0.191 e. The molecule has 0 heterocycles. The van der Waals surface area contributed by atoms with E-state index in [0.717, 1.165) is 5.56 Å². The van der Waals surface area contributed by atoms with Gasteiger partial charge in [-0.15, -0.1) is 0 Å². The molecule has 23 heavy (non-hydrogen) atoms. The van der Waals surface area contributed by atoms with E-state index < -0.39 is 0 Å². The lowest BCUT2D eigenvalue weighted by molar-refractivity contribution is 0.322. The third kappa shape index (κ3) is 5.79. The van der Waals surface area contributed by atoms with Crippen molar-refractivity contribution in [3.63, 3.8) is 0 Å². The van der Waals surface area contributed by atoms with Crippen LogP contribution in [-0.2, 0) is 6.54 Å². The molecular formula is C17H19ClFN3O. The van der Waals surface area contributed by atoms with Gasteiger partial charge in [0.2, 0.25) is 0 Å². The zero-order chi connectivity index (χ0) is 16.5. The smallest absolute Gasteiger partial charge is 0.191 e. The van der Waals surface area contributed by atoms with E-state index in [4.69, 9.17) is 16.3 Å². The van der Waals surface area contributed by atoms with E-state index in [1.54, 1.807) is 25.2 Å². The molecule has 0 bridgehead atoms. The molecule has 0 radical (unpaired) electrons. The molecule has 6 heteroatoms. The van der Waals surface area contributed by atoms with Gasteiger partial charge in [-0.25, -0.2) is 4.39 Å². The Morgan fingerprint density at radius 1 is 1.13 bits per heavy atom. The SMILES string of the molecule is CN=C(NCCOc1ccccc1Cl)NCc1ccc(F)cc1. The van der Waals surface area contributed by atoms with Crippen LogP contribution < -0.4 is 15.4 Å². The fourth-order valence-electron chi connectivity index (χ4n) is 1.90. The molecule has 0 atom stereocenters. The number of nitrogens with one attached hydrogen (secondary N) is 2. The summed E-state index contributed by atoms with van der Waals surface area (Å²) in [6.45, 7) is 1.60. The Morgan fingerprint density at radius 2 is 1.87 bits per heavy atom. The molecule has 0 aliphatic rings. The lowest BCUT2D eigenvalue weighted by Gasteiger charge is -2.13. The molecule has 0 saturated heterocycles. The van der Waals surface area contributed by atoms with Crippen LogP contribution in [0.4, 0.5) is 4.39 Å². The van der Waals surface area contributed by atoms with Crippen molar-refractivity contribution < 1.29 is 9.13 Å². The molecule has 0 unspecified atom stereocenters. The first-order chi connectivity index (χ1) is 11.2. The van der Waals surface area contributed by atoms with Crippen LogP contribution >= 0.6 is 11.6 Å². The third-order valence-corrected chi connectivity index (χ3v) is 3.40. The van der Waals surface area contributed by atoms with Crippen LogP contribution in [0.25, 0.3) is 0 Å². The molecule has 122 valence electrons. The molecule has 0 aliphatic heterocycles. The molecule has 0 amide bonds. The summed E-state index contributed by atoms with van der Waals surface area (Å²) in [5, 5.41) is 6.88. The monoisotopic (exact) mass is 335 g/mol. The van der Waals surface area contributed by atoms with Crippen molar-refractivity contribution in [3.8, 4) is 5.75 Å². The third-order valence-electron chi connectivity index (χ3n) is 3.09. The molecule has 0 fully saturated rings. The van der Waals surface area contributed by atoms with Gasteiger partial charge >= 0.3 is 0 Å². The highest BCUT2D eigenvalue weighted by atomic mass is 35.5. The number of hydrogen-bond acceptors (Lipinski definition) is 2. The second-order valence-corrected chi connectivity index (χ2v) is 5.17. The summed E-state index contributed by atoms with van der Waals surface area (Å²) < 4.78 is 18.4. The van der Waals surface area contributed by atoms with Crippen LogP contribution in [-0.4, -0.2) is 26.2 Å². The highest BCUT2D eigenvalue weighted by Crippen LogP contribution is 2.22. The van der Waals surface area contributed by atoms with Crippen LogP contribution in [0.5, 0.6) is 5.75 Å². The zero-order valence-corrected chi connectivity index (χ0v) is 13.6. The zero-order valence-electron chi connectivity index (χ0n) is 12.9. The molecule has 2 rings (SSSR count). The Morgan fingerprint density at radius 3 is 2.57 bits per heavy atom. The van der Waals surface area contributed by atoms with Crippen LogP contribution in [0.1, 0.15) is 5.56 Å². The number of halogens is 2. The van der Waals surface area contributed by atoms with Crippen LogP contribution in [0.2, 0.25) is 5.02 Å². The maximum atomic E-state index is 12.8. The van der Waals surface area contributed by atoms with E-state index in [0.29, 0.717) is 36.4 Å². The predicted octanol–water partition coefficient (Wildman–Crippen LogP) is 3.22. The molecule has 0 aliphatic carbocycles.